The van der Waals surface area contributed by atoms with E-state index in [0.29, 0.717) is 40.0 Å². The van der Waals surface area contributed by atoms with Gasteiger partial charge in [0.2, 0.25) is 11.8 Å². The van der Waals surface area contributed by atoms with Crippen molar-refractivity contribution < 1.29 is 14.1 Å². The number of furan rings is 1. The molecule has 1 atom stereocenters. The highest BCUT2D eigenvalue weighted by Crippen LogP contribution is 2.45. The van der Waals surface area contributed by atoms with Gasteiger partial charge in [-0.2, -0.15) is 15.5 Å². The van der Waals surface area contributed by atoms with Gasteiger partial charge in [-0.3, -0.25) is 14.8 Å². The minimum atomic E-state index is -0.621. The molecule has 176 valence electrons. The second kappa shape index (κ2) is 8.18. The van der Waals surface area contributed by atoms with Crippen molar-refractivity contribution >= 4 is 5.69 Å². The van der Waals surface area contributed by atoms with Crippen LogP contribution in [0.1, 0.15) is 40.1 Å². The predicted molar refractivity (Wildman–Crippen MR) is 124 cm³/mol. The number of para-hydroxylation sites is 1. The molecule has 1 unspecified atom stereocenters. The quantitative estimate of drug-likeness (QED) is 0.341. The summed E-state index contributed by atoms with van der Waals surface area (Å²) in [4.78, 5) is 10.9. The number of nitrogens with two attached hydrogens (primary N) is 1. The van der Waals surface area contributed by atoms with Crippen molar-refractivity contribution in [3.63, 3.8) is 0 Å². The fraction of sp³-hybridized carbons (Fsp3) is 0.208. The zero-order chi connectivity index (χ0) is 24.9. The first-order chi connectivity index (χ1) is 16.8. The van der Waals surface area contributed by atoms with E-state index < -0.39 is 10.8 Å². The zero-order valence-corrected chi connectivity index (χ0v) is 19.2. The molecular weight excluding hydrogens is 450 g/mol. The Labute approximate surface area is 199 Å². The van der Waals surface area contributed by atoms with E-state index in [1.165, 1.54) is 4.68 Å². The van der Waals surface area contributed by atoms with Crippen LogP contribution in [-0.4, -0.2) is 24.5 Å². The second-order valence-electron chi connectivity index (χ2n) is 8.21. The van der Waals surface area contributed by atoms with Crippen LogP contribution in [0.25, 0.3) is 5.69 Å². The molecule has 0 spiro atoms. The third kappa shape index (κ3) is 3.52. The Bertz CT molecular complexity index is 1540. The lowest BCUT2D eigenvalue weighted by atomic mass is 9.88. The van der Waals surface area contributed by atoms with Gasteiger partial charge in [0.15, 0.2) is 0 Å². The summed E-state index contributed by atoms with van der Waals surface area (Å²) in [6.07, 6.45) is 0. The monoisotopic (exact) mass is 471 g/mol. The van der Waals surface area contributed by atoms with Gasteiger partial charge in [0.1, 0.15) is 34.6 Å². The highest BCUT2D eigenvalue weighted by atomic mass is 16.6. The van der Waals surface area contributed by atoms with Gasteiger partial charge in [0.25, 0.3) is 0 Å². The molecule has 4 aromatic rings. The molecule has 0 saturated heterocycles. The van der Waals surface area contributed by atoms with Gasteiger partial charge in [-0.05, 0) is 45.0 Å². The Morgan fingerprint density at radius 2 is 1.89 bits per heavy atom. The molecule has 1 aromatic carbocycles. The first kappa shape index (κ1) is 22.0. The Balaban J connectivity index is 1.56. The van der Waals surface area contributed by atoms with Gasteiger partial charge in [-0.25, -0.2) is 4.68 Å². The molecule has 0 fully saturated rings. The summed E-state index contributed by atoms with van der Waals surface area (Å²) >= 11 is 0. The lowest BCUT2D eigenvalue weighted by Gasteiger charge is -2.23. The predicted octanol–water partition coefficient (Wildman–Crippen LogP) is 3.76. The average Bonchev–Trinajstić information content (AvgIpc) is 3.50. The Kier molecular flexibility index (Phi) is 5.13. The molecule has 0 bridgehead atoms. The maximum absolute atomic E-state index is 11.3. The normalized spacial score (nSPS) is 15.0. The van der Waals surface area contributed by atoms with Gasteiger partial charge in [0, 0.05) is 0 Å². The fourth-order valence-corrected chi connectivity index (χ4v) is 4.43. The Morgan fingerprint density at radius 3 is 2.54 bits per heavy atom. The number of aryl methyl sites for hydroxylation is 2. The first-order valence-corrected chi connectivity index (χ1v) is 10.8. The lowest BCUT2D eigenvalue weighted by molar-refractivity contribution is -0.386. The van der Waals surface area contributed by atoms with Gasteiger partial charge in [-0.15, -0.1) is 0 Å². The van der Waals surface area contributed by atoms with Crippen LogP contribution in [0.5, 0.6) is 5.88 Å². The first-order valence-electron chi connectivity index (χ1n) is 10.8. The van der Waals surface area contributed by atoms with Crippen molar-refractivity contribution in [3.8, 4) is 17.6 Å². The molecule has 0 amide bonds. The number of allylic oxidation sites excluding steroid dienone is 1. The van der Waals surface area contributed by atoms with Crippen molar-refractivity contribution in [2.75, 3.05) is 0 Å². The number of nitrogens with zero attached hydrogens (tertiary/aromatic N) is 6. The molecule has 4 heterocycles. The molecule has 11 nitrogen and oxygen atoms in total. The van der Waals surface area contributed by atoms with Crippen molar-refractivity contribution in [3.05, 3.63) is 98.2 Å². The van der Waals surface area contributed by atoms with Gasteiger partial charge >= 0.3 is 5.69 Å². The smallest absolute Gasteiger partial charge is 0.312 e. The molecule has 1 aliphatic heterocycles. The number of ether oxygens (including phenoxy) is 1. The molecule has 35 heavy (non-hydrogen) atoms. The number of hydrogen-bond acceptors (Lipinski definition) is 8. The minimum Gasteiger partial charge on any atom is -0.463 e. The van der Waals surface area contributed by atoms with E-state index in [4.69, 9.17) is 14.9 Å². The maximum Gasteiger partial charge on any atom is 0.312 e. The number of aromatic nitrogens is 4. The highest BCUT2D eigenvalue weighted by molar-refractivity contribution is 5.55. The van der Waals surface area contributed by atoms with Crippen LogP contribution in [0.4, 0.5) is 5.69 Å². The minimum absolute atomic E-state index is 0.0164. The molecule has 3 aromatic heterocycles. The second-order valence-corrected chi connectivity index (χ2v) is 8.21. The number of fused-ring (bicyclic) bond motifs is 1. The Hall–Kier alpha value is -4.85. The number of rotatable bonds is 5. The van der Waals surface area contributed by atoms with E-state index in [0.717, 1.165) is 5.69 Å². The van der Waals surface area contributed by atoms with Gasteiger partial charge in [0.05, 0.1) is 34.3 Å². The number of nitro groups is 1. The Morgan fingerprint density at radius 1 is 1.14 bits per heavy atom. The maximum atomic E-state index is 11.3. The van der Waals surface area contributed by atoms with Crippen molar-refractivity contribution in [1.29, 1.82) is 5.26 Å². The number of benzene rings is 1. The summed E-state index contributed by atoms with van der Waals surface area (Å²) in [7, 11) is 0. The van der Waals surface area contributed by atoms with Gasteiger partial charge in [-0.1, -0.05) is 18.2 Å². The van der Waals surface area contributed by atoms with E-state index in [1.807, 2.05) is 37.3 Å². The molecule has 5 rings (SSSR count). The van der Waals surface area contributed by atoms with Crippen molar-refractivity contribution in [1.82, 2.24) is 19.6 Å². The lowest BCUT2D eigenvalue weighted by Crippen LogP contribution is -2.21. The molecule has 11 heteroatoms. The van der Waals surface area contributed by atoms with E-state index in [9.17, 15) is 15.4 Å². The SMILES string of the molecule is Cc1nn(-c2ccccc2)c2c1C(c1ccc(Cn3nc(C)c([N+](=O)[O-])c3C)o1)C(C#N)=C(N)O2. The van der Waals surface area contributed by atoms with Crippen LogP contribution in [-0.2, 0) is 6.54 Å². The van der Waals surface area contributed by atoms with Crippen LogP contribution in [0.3, 0.4) is 0 Å². The summed E-state index contributed by atoms with van der Waals surface area (Å²) in [6, 6.07) is 15.1. The standard InChI is InChI=1S/C24H21N7O4/c1-13-20-21(18(11-25)23(26)35-24(20)30(28-13)16-7-5-4-6-8-16)19-10-9-17(34-19)12-29-15(3)22(31(32)33)14(2)27-29/h4-10,21H,12,26H2,1-3H3. The zero-order valence-electron chi connectivity index (χ0n) is 19.2. The number of hydrogen-bond donors (Lipinski definition) is 1. The fourth-order valence-electron chi connectivity index (χ4n) is 4.43. The largest absolute Gasteiger partial charge is 0.463 e. The summed E-state index contributed by atoms with van der Waals surface area (Å²) in [5.41, 5.74) is 9.26. The van der Waals surface area contributed by atoms with Crippen LogP contribution >= 0.6 is 0 Å². The van der Waals surface area contributed by atoms with Crippen LogP contribution in [0, 0.1) is 42.2 Å². The molecular formula is C24H21N7O4. The van der Waals surface area contributed by atoms with E-state index >= 15 is 0 Å². The number of nitriles is 1. The van der Waals surface area contributed by atoms with E-state index in [2.05, 4.69) is 16.3 Å². The molecule has 0 radical (unpaired) electrons. The van der Waals surface area contributed by atoms with Crippen LogP contribution < -0.4 is 10.5 Å². The van der Waals surface area contributed by atoms with Crippen molar-refractivity contribution in [2.45, 2.75) is 33.2 Å². The van der Waals surface area contributed by atoms with Crippen LogP contribution in [0.15, 0.2) is 58.3 Å². The van der Waals surface area contributed by atoms with E-state index in [1.54, 1.807) is 30.7 Å². The molecule has 1 aliphatic rings. The summed E-state index contributed by atoms with van der Waals surface area (Å²) < 4.78 is 15.2. The third-order valence-corrected chi connectivity index (χ3v) is 6.03. The topological polar surface area (TPSA) is 151 Å². The van der Waals surface area contributed by atoms with E-state index in [-0.39, 0.29) is 23.7 Å². The average molecular weight is 471 g/mol. The molecule has 2 N–H and O–H groups in total. The molecule has 0 aliphatic carbocycles. The summed E-state index contributed by atoms with van der Waals surface area (Å²) in [6.45, 7) is 5.27. The summed E-state index contributed by atoms with van der Waals surface area (Å²) in [5.74, 6) is 0.787. The third-order valence-electron chi connectivity index (χ3n) is 6.03. The van der Waals surface area contributed by atoms with Crippen LogP contribution in [0.2, 0.25) is 0 Å². The van der Waals surface area contributed by atoms with Crippen molar-refractivity contribution in [2.24, 2.45) is 5.73 Å². The highest BCUT2D eigenvalue weighted by Gasteiger charge is 2.38. The summed E-state index contributed by atoms with van der Waals surface area (Å²) in [5, 5.41) is 30.1. The van der Waals surface area contributed by atoms with Gasteiger partial charge < -0.3 is 14.9 Å². The molecule has 0 saturated carbocycles.